The molecule has 0 atom stereocenters. The van der Waals surface area contributed by atoms with Gasteiger partial charge in [-0.15, -0.1) is 0 Å². The molecule has 0 bridgehead atoms. The number of hydrogen-bond acceptors (Lipinski definition) is 4. The first-order valence-corrected chi connectivity index (χ1v) is 6.46. The van der Waals surface area contributed by atoms with Crippen LogP contribution in [0.15, 0.2) is 12.1 Å². The van der Waals surface area contributed by atoms with Gasteiger partial charge in [-0.2, -0.15) is 0 Å². The summed E-state index contributed by atoms with van der Waals surface area (Å²) in [6.07, 6.45) is 0. The van der Waals surface area contributed by atoms with E-state index in [-0.39, 0.29) is 20.8 Å². The highest BCUT2D eigenvalue weighted by Gasteiger charge is 2.15. The molecule has 0 N–H and O–H groups in total. The highest BCUT2D eigenvalue weighted by molar-refractivity contribution is 6.43. The largest absolute Gasteiger partial charge is 0.480 e. The first kappa shape index (κ1) is 16.1. The Hall–Kier alpha value is -0.970. The normalized spacial score (nSPS) is 10.4. The van der Waals surface area contributed by atoms with Crippen molar-refractivity contribution < 1.29 is 19.1 Å². The van der Waals surface area contributed by atoms with Gasteiger partial charge in [-0.3, -0.25) is 4.79 Å². The summed E-state index contributed by atoms with van der Waals surface area (Å²) in [7, 11) is 0. The number of benzene rings is 1. The molecule has 19 heavy (non-hydrogen) atoms. The van der Waals surface area contributed by atoms with Crippen LogP contribution in [0.2, 0.25) is 15.1 Å². The average molecular weight is 326 g/mol. The fraction of sp³-hybridized carbons (Fsp3) is 0.333. The van der Waals surface area contributed by atoms with E-state index in [4.69, 9.17) is 39.5 Å². The van der Waals surface area contributed by atoms with Crippen LogP contribution < -0.4 is 4.74 Å². The van der Waals surface area contributed by atoms with Crippen LogP contribution in [0.25, 0.3) is 0 Å². The molecule has 4 nitrogen and oxygen atoms in total. The van der Waals surface area contributed by atoms with Crippen LogP contribution in [0.1, 0.15) is 13.8 Å². The summed E-state index contributed by atoms with van der Waals surface area (Å²) >= 11 is 17.4. The molecule has 1 aromatic carbocycles. The first-order chi connectivity index (χ1) is 8.81. The molecule has 0 saturated heterocycles. The monoisotopic (exact) mass is 324 g/mol. The van der Waals surface area contributed by atoms with Gasteiger partial charge in [0, 0.05) is 6.07 Å². The Kier molecular flexibility index (Phi) is 5.91. The average Bonchev–Trinajstić information content (AvgIpc) is 2.32. The third-order valence-corrected chi connectivity index (χ3v) is 3.02. The van der Waals surface area contributed by atoms with Crippen LogP contribution in [0, 0.1) is 5.92 Å². The molecular weight excluding hydrogens is 314 g/mol. The molecule has 104 valence electrons. The molecule has 1 rings (SSSR count). The topological polar surface area (TPSA) is 52.6 Å². The predicted octanol–water partition coefficient (Wildman–Crippen LogP) is 3.75. The van der Waals surface area contributed by atoms with E-state index in [9.17, 15) is 9.59 Å². The second kappa shape index (κ2) is 6.98. The van der Waals surface area contributed by atoms with E-state index in [2.05, 4.69) is 4.74 Å². The molecule has 0 aliphatic rings. The van der Waals surface area contributed by atoms with Crippen LogP contribution >= 0.6 is 34.8 Å². The molecule has 0 aliphatic heterocycles. The SMILES string of the molecule is CC(C)C(=O)OC(=O)COc1cc(Cl)c(Cl)cc1Cl. The molecule has 0 aromatic heterocycles. The Morgan fingerprint density at radius 3 is 2.26 bits per heavy atom. The third-order valence-electron chi connectivity index (χ3n) is 2.01. The van der Waals surface area contributed by atoms with Crippen LogP contribution in [-0.4, -0.2) is 18.5 Å². The molecule has 0 aliphatic carbocycles. The van der Waals surface area contributed by atoms with Crippen molar-refractivity contribution in [2.24, 2.45) is 5.92 Å². The Balaban J connectivity index is 2.60. The third kappa shape index (κ3) is 4.90. The van der Waals surface area contributed by atoms with Gasteiger partial charge in [-0.25, -0.2) is 4.79 Å². The van der Waals surface area contributed by atoms with Crippen molar-refractivity contribution >= 4 is 46.7 Å². The molecule has 0 saturated carbocycles. The zero-order valence-corrected chi connectivity index (χ0v) is 12.5. The van der Waals surface area contributed by atoms with Gasteiger partial charge in [-0.1, -0.05) is 48.7 Å². The summed E-state index contributed by atoms with van der Waals surface area (Å²) in [5, 5.41) is 0.724. The minimum atomic E-state index is -0.805. The zero-order chi connectivity index (χ0) is 14.6. The van der Waals surface area contributed by atoms with E-state index in [1.807, 2.05) is 0 Å². The Labute approximate surface area is 125 Å². The Bertz CT molecular complexity index is 500. The van der Waals surface area contributed by atoms with Gasteiger partial charge in [0.05, 0.1) is 21.0 Å². The van der Waals surface area contributed by atoms with Crippen molar-refractivity contribution in [3.63, 3.8) is 0 Å². The number of esters is 2. The molecule has 0 amide bonds. The van der Waals surface area contributed by atoms with Crippen molar-refractivity contribution in [2.75, 3.05) is 6.61 Å². The van der Waals surface area contributed by atoms with Gasteiger partial charge in [0.25, 0.3) is 0 Å². The molecule has 0 spiro atoms. The van der Waals surface area contributed by atoms with E-state index in [0.717, 1.165) is 0 Å². The number of carbonyl (C=O) groups excluding carboxylic acids is 2. The molecule has 0 fully saturated rings. The number of carbonyl (C=O) groups is 2. The van der Waals surface area contributed by atoms with Crippen molar-refractivity contribution in [1.29, 1.82) is 0 Å². The first-order valence-electron chi connectivity index (χ1n) is 5.33. The van der Waals surface area contributed by atoms with Crippen LogP contribution in [0.4, 0.5) is 0 Å². The van der Waals surface area contributed by atoms with Crippen LogP contribution in [0.3, 0.4) is 0 Å². The van der Waals surface area contributed by atoms with E-state index in [0.29, 0.717) is 0 Å². The lowest BCUT2D eigenvalue weighted by atomic mass is 10.2. The smallest absolute Gasteiger partial charge is 0.351 e. The summed E-state index contributed by atoms with van der Waals surface area (Å²) in [5.41, 5.74) is 0. The van der Waals surface area contributed by atoms with Crippen LogP contribution in [0.5, 0.6) is 5.75 Å². The minimum Gasteiger partial charge on any atom is -0.480 e. The van der Waals surface area contributed by atoms with Gasteiger partial charge in [0.2, 0.25) is 0 Å². The lowest BCUT2D eigenvalue weighted by molar-refractivity contribution is -0.163. The second-order valence-corrected chi connectivity index (χ2v) is 5.15. The minimum absolute atomic E-state index is 0.185. The fourth-order valence-electron chi connectivity index (χ4n) is 1.01. The second-order valence-electron chi connectivity index (χ2n) is 3.93. The lowest BCUT2D eigenvalue weighted by Crippen LogP contribution is -2.22. The fourth-order valence-corrected chi connectivity index (χ4v) is 1.60. The summed E-state index contributed by atoms with van der Waals surface area (Å²) < 4.78 is 9.64. The summed E-state index contributed by atoms with van der Waals surface area (Å²) in [6.45, 7) is 2.79. The number of halogens is 3. The molecule has 0 heterocycles. The molecule has 7 heteroatoms. The maximum Gasteiger partial charge on any atom is 0.351 e. The van der Waals surface area contributed by atoms with Crippen molar-refractivity contribution in [1.82, 2.24) is 0 Å². The zero-order valence-electron chi connectivity index (χ0n) is 10.2. The molecule has 0 unspecified atom stereocenters. The van der Waals surface area contributed by atoms with Gasteiger partial charge >= 0.3 is 11.9 Å². The molecule has 0 radical (unpaired) electrons. The highest BCUT2D eigenvalue weighted by Crippen LogP contribution is 2.33. The van der Waals surface area contributed by atoms with Crippen molar-refractivity contribution in [2.45, 2.75) is 13.8 Å². The number of ether oxygens (including phenoxy) is 2. The molecular formula is C12H11Cl3O4. The van der Waals surface area contributed by atoms with Crippen LogP contribution in [-0.2, 0) is 14.3 Å². The van der Waals surface area contributed by atoms with Gasteiger partial charge in [-0.05, 0) is 6.07 Å². The standard InChI is InChI=1S/C12H11Cl3O4/c1-6(2)12(17)19-11(16)5-18-10-4-8(14)7(13)3-9(10)15/h3-4,6H,5H2,1-2H3. The predicted molar refractivity (Wildman–Crippen MR) is 72.9 cm³/mol. The van der Waals surface area contributed by atoms with E-state index in [1.54, 1.807) is 13.8 Å². The Morgan fingerprint density at radius 2 is 1.68 bits per heavy atom. The highest BCUT2D eigenvalue weighted by atomic mass is 35.5. The number of rotatable bonds is 4. The summed E-state index contributed by atoms with van der Waals surface area (Å²) in [6, 6.07) is 2.77. The van der Waals surface area contributed by atoms with E-state index < -0.39 is 24.5 Å². The van der Waals surface area contributed by atoms with Crippen molar-refractivity contribution in [3.8, 4) is 5.75 Å². The maximum atomic E-state index is 11.3. The van der Waals surface area contributed by atoms with Gasteiger partial charge in [0.1, 0.15) is 5.75 Å². The molecule has 1 aromatic rings. The maximum absolute atomic E-state index is 11.3. The van der Waals surface area contributed by atoms with Crippen molar-refractivity contribution in [3.05, 3.63) is 27.2 Å². The van der Waals surface area contributed by atoms with E-state index >= 15 is 0 Å². The summed E-state index contributed by atoms with van der Waals surface area (Å²) in [4.78, 5) is 22.5. The van der Waals surface area contributed by atoms with E-state index in [1.165, 1.54) is 12.1 Å². The lowest BCUT2D eigenvalue weighted by Gasteiger charge is -2.09. The van der Waals surface area contributed by atoms with Gasteiger partial charge in [0.15, 0.2) is 6.61 Å². The summed E-state index contributed by atoms with van der Waals surface area (Å²) in [5.74, 6) is -1.63. The number of hydrogen-bond donors (Lipinski definition) is 0. The quantitative estimate of drug-likeness (QED) is 0.480. The Morgan fingerprint density at radius 1 is 1.11 bits per heavy atom. The van der Waals surface area contributed by atoms with Gasteiger partial charge < -0.3 is 9.47 Å².